The van der Waals surface area contributed by atoms with E-state index in [2.05, 4.69) is 167 Å². The number of unbranched alkanes of at least 4 members (excludes halogenated alkanes) is 38. The number of allylic oxidation sites excluding steroid dienone is 24. The van der Waals surface area contributed by atoms with Gasteiger partial charge in [0.2, 0.25) is 0 Å². The molecule has 650 valence electrons. The molecule has 0 aliphatic heterocycles. The number of phosphoric ester groups is 2. The summed E-state index contributed by atoms with van der Waals surface area (Å²) in [6, 6.07) is 0. The Morgan fingerprint density at radius 1 is 0.257 bits per heavy atom. The first-order valence-corrected chi connectivity index (χ1v) is 48.1. The molecule has 4 N–H and O–H groups in total. The third kappa shape index (κ3) is 88.1. The van der Waals surface area contributed by atoms with Crippen LogP contribution in [0.4, 0.5) is 0 Å². The van der Waals surface area contributed by atoms with E-state index in [1.54, 1.807) is 0 Å². The number of esters is 3. The van der Waals surface area contributed by atoms with Gasteiger partial charge in [-0.05, 0) is 148 Å². The average Bonchev–Trinajstić information content (AvgIpc) is 0.901. The van der Waals surface area contributed by atoms with Crippen LogP contribution < -0.4 is 0 Å². The molecule has 0 bridgehead atoms. The van der Waals surface area contributed by atoms with Crippen LogP contribution in [0.1, 0.15) is 380 Å². The molecule has 0 rings (SSSR count). The summed E-state index contributed by atoms with van der Waals surface area (Å²) < 4.78 is 61.4. The first-order chi connectivity index (χ1) is 55.2. The quantitative estimate of drug-likeness (QED) is 0.0146. The summed E-state index contributed by atoms with van der Waals surface area (Å²) in [6.07, 6.45) is 109. The maximum atomic E-state index is 13.0. The summed E-state index contributed by atoms with van der Waals surface area (Å²) in [4.78, 5) is 58.9. The average molecular weight is 1620 g/mol. The summed E-state index contributed by atoms with van der Waals surface area (Å²) >= 11 is 0. The van der Waals surface area contributed by atoms with Crippen LogP contribution in [0, 0.1) is 0 Å². The Labute approximate surface area is 689 Å². The van der Waals surface area contributed by atoms with Crippen molar-refractivity contribution >= 4 is 33.6 Å². The van der Waals surface area contributed by atoms with Gasteiger partial charge in [0, 0.05) is 19.3 Å². The van der Waals surface area contributed by atoms with Gasteiger partial charge in [-0.1, -0.05) is 359 Å². The molecule has 0 amide bonds. The second-order valence-corrected chi connectivity index (χ2v) is 32.9. The molecule has 0 heterocycles. The number of carbonyl (C=O) groups excluding carboxylic acids is 3. The lowest BCUT2D eigenvalue weighted by Gasteiger charge is -2.21. The standard InChI is InChI=1S/C95H164O16P2/c1-4-7-10-13-16-19-22-25-28-31-34-36-38-40-42-43-44-45-47-49-50-52-55-57-60-63-66-69-72-75-78-81-93(98)105-84-90(96)85-107-112(101,102)108-86-91(97)87-109-113(103,104)110-89-92(111-95(100)83-80-77-74-71-68-65-62-59-54-33-30-27-24-21-18-15-12-9-6-3)88-106-94(99)82-79-76-73-70-67-64-61-58-56-53-51-48-46-41-39-37-35-32-29-26-23-20-17-14-11-8-5-2/h8,11,16-21,25-30,34-37,40-42,46,54,59,90-92,96-97H,4-7,9-10,12-15,22-24,31-33,38-39,43-45,47-53,55-58,60-89H2,1-3H3,(H,101,102)(H,103,104)/b11-8-,19-16-,20-17-,21-18-,28-25-,29-26-,30-27-,36-34-,37-35-,42-40-,46-41-,59-54-. The van der Waals surface area contributed by atoms with Gasteiger partial charge in [-0.2, -0.15) is 0 Å². The van der Waals surface area contributed by atoms with E-state index >= 15 is 0 Å². The lowest BCUT2D eigenvalue weighted by atomic mass is 10.0. The van der Waals surface area contributed by atoms with Gasteiger partial charge < -0.3 is 34.2 Å². The number of aliphatic hydroxyl groups is 2. The van der Waals surface area contributed by atoms with Crippen molar-refractivity contribution in [1.29, 1.82) is 0 Å². The number of hydrogen-bond acceptors (Lipinski definition) is 14. The molecule has 5 atom stereocenters. The fourth-order valence-electron chi connectivity index (χ4n) is 12.2. The molecular formula is C95H164O16P2. The highest BCUT2D eigenvalue weighted by Crippen LogP contribution is 2.45. The fraction of sp³-hybridized carbons (Fsp3) is 0.716. The van der Waals surface area contributed by atoms with Crippen LogP contribution in [0.15, 0.2) is 146 Å². The number of carbonyl (C=O) groups is 3. The van der Waals surface area contributed by atoms with Crippen LogP contribution >= 0.6 is 15.6 Å². The van der Waals surface area contributed by atoms with Gasteiger partial charge in [0.05, 0.1) is 26.4 Å². The van der Waals surface area contributed by atoms with E-state index < -0.39 is 91.5 Å². The first-order valence-electron chi connectivity index (χ1n) is 45.1. The number of ether oxygens (including phenoxy) is 3. The molecule has 5 unspecified atom stereocenters. The van der Waals surface area contributed by atoms with Crippen LogP contribution in [0.5, 0.6) is 0 Å². The van der Waals surface area contributed by atoms with Gasteiger partial charge in [-0.25, -0.2) is 9.13 Å². The second kappa shape index (κ2) is 86.8. The molecule has 0 aliphatic carbocycles. The molecule has 16 nitrogen and oxygen atoms in total. The largest absolute Gasteiger partial charge is 0.472 e. The highest BCUT2D eigenvalue weighted by Gasteiger charge is 2.29. The summed E-state index contributed by atoms with van der Waals surface area (Å²) in [7, 11) is -9.81. The van der Waals surface area contributed by atoms with Gasteiger partial charge in [0.25, 0.3) is 0 Å². The maximum absolute atomic E-state index is 13.0. The number of phosphoric acid groups is 2. The van der Waals surface area contributed by atoms with Crippen LogP contribution in [0.2, 0.25) is 0 Å². The van der Waals surface area contributed by atoms with E-state index in [9.17, 15) is 43.5 Å². The van der Waals surface area contributed by atoms with Crippen molar-refractivity contribution in [3.8, 4) is 0 Å². The molecule has 0 fully saturated rings. The van der Waals surface area contributed by atoms with Crippen molar-refractivity contribution in [2.45, 2.75) is 399 Å². The Balaban J connectivity index is 4.57. The molecular weight excluding hydrogens is 1460 g/mol. The Bertz CT molecular complexity index is 2630. The summed E-state index contributed by atoms with van der Waals surface area (Å²) in [5.41, 5.74) is 0. The molecule has 0 aliphatic rings. The van der Waals surface area contributed by atoms with Crippen molar-refractivity contribution in [1.82, 2.24) is 0 Å². The molecule has 0 aromatic carbocycles. The Morgan fingerprint density at radius 2 is 0.469 bits per heavy atom. The molecule has 18 heteroatoms. The lowest BCUT2D eigenvalue weighted by molar-refractivity contribution is -0.161. The zero-order valence-electron chi connectivity index (χ0n) is 71.5. The summed E-state index contributed by atoms with van der Waals surface area (Å²) in [5, 5.41) is 20.7. The van der Waals surface area contributed by atoms with Gasteiger partial charge >= 0.3 is 33.6 Å². The monoisotopic (exact) mass is 1620 g/mol. The minimum Gasteiger partial charge on any atom is -0.463 e. The van der Waals surface area contributed by atoms with E-state index in [0.717, 1.165) is 161 Å². The third-order valence-electron chi connectivity index (χ3n) is 19.0. The summed E-state index contributed by atoms with van der Waals surface area (Å²) in [6.45, 7) is 2.54. The molecule has 0 radical (unpaired) electrons. The lowest BCUT2D eigenvalue weighted by Crippen LogP contribution is -2.30. The van der Waals surface area contributed by atoms with Gasteiger partial charge in [-0.15, -0.1) is 0 Å². The Kier molecular flexibility index (Phi) is 83.3. The smallest absolute Gasteiger partial charge is 0.463 e. The van der Waals surface area contributed by atoms with Gasteiger partial charge in [0.1, 0.15) is 25.4 Å². The zero-order chi connectivity index (χ0) is 82.2. The van der Waals surface area contributed by atoms with Crippen molar-refractivity contribution in [3.05, 3.63) is 146 Å². The minimum absolute atomic E-state index is 0.0869. The topological polar surface area (TPSA) is 231 Å². The highest BCUT2D eigenvalue weighted by molar-refractivity contribution is 7.47. The minimum atomic E-state index is -4.94. The second-order valence-electron chi connectivity index (χ2n) is 30.0. The molecule has 0 saturated carbocycles. The molecule has 0 spiro atoms. The Morgan fingerprint density at radius 3 is 0.743 bits per heavy atom. The van der Waals surface area contributed by atoms with E-state index in [0.29, 0.717) is 19.3 Å². The number of hydrogen-bond donors (Lipinski definition) is 4. The maximum Gasteiger partial charge on any atom is 0.472 e. The van der Waals surface area contributed by atoms with Gasteiger partial charge in [0.15, 0.2) is 6.10 Å². The predicted molar refractivity (Wildman–Crippen MR) is 473 cm³/mol. The first kappa shape index (κ1) is 108. The number of rotatable bonds is 85. The third-order valence-corrected chi connectivity index (χ3v) is 20.9. The predicted octanol–water partition coefficient (Wildman–Crippen LogP) is 27.6. The van der Waals surface area contributed by atoms with Crippen molar-refractivity contribution < 1.29 is 75.8 Å². The normalized spacial score (nSPS) is 14.5. The van der Waals surface area contributed by atoms with Crippen LogP contribution in [0.25, 0.3) is 0 Å². The molecule has 0 saturated heterocycles. The van der Waals surface area contributed by atoms with Crippen molar-refractivity contribution in [3.63, 3.8) is 0 Å². The van der Waals surface area contributed by atoms with Crippen LogP contribution in [0.3, 0.4) is 0 Å². The van der Waals surface area contributed by atoms with Gasteiger partial charge in [-0.3, -0.25) is 32.5 Å². The fourth-order valence-corrected chi connectivity index (χ4v) is 13.8. The zero-order valence-corrected chi connectivity index (χ0v) is 73.3. The van der Waals surface area contributed by atoms with Crippen LogP contribution in [-0.2, 0) is 55.8 Å². The number of aliphatic hydroxyl groups excluding tert-OH is 2. The van der Waals surface area contributed by atoms with E-state index in [-0.39, 0.29) is 19.3 Å². The molecule has 113 heavy (non-hydrogen) atoms. The Hall–Kier alpha value is -4.57. The van der Waals surface area contributed by atoms with E-state index in [1.807, 2.05) is 0 Å². The molecule has 0 aromatic rings. The highest BCUT2D eigenvalue weighted by atomic mass is 31.2. The van der Waals surface area contributed by atoms with Crippen molar-refractivity contribution in [2.24, 2.45) is 0 Å². The van der Waals surface area contributed by atoms with E-state index in [4.69, 9.17) is 32.3 Å². The van der Waals surface area contributed by atoms with E-state index in [1.165, 1.54) is 161 Å². The SMILES string of the molecule is CC/C=C\C/C=C\C/C=C\C/C=C\C/C=C\CCCCCCCCCCCCCC(=O)OCC(COP(=O)(O)OCC(O)COP(=O)(O)OCC(O)COC(=O)CCCCCCCCCCCCCCCCC/C=C\C/C=C\C/C=C\C/C=C\CCCCC)OC(=O)CCCCCCCC/C=C\C/C=C\C/C=C\CCCCC. The summed E-state index contributed by atoms with van der Waals surface area (Å²) in [5.74, 6) is -1.58. The van der Waals surface area contributed by atoms with Crippen LogP contribution in [-0.4, -0.2) is 95.9 Å². The van der Waals surface area contributed by atoms with Crippen molar-refractivity contribution in [2.75, 3.05) is 39.6 Å². The molecule has 0 aromatic heterocycles.